The summed E-state index contributed by atoms with van der Waals surface area (Å²) in [5, 5.41) is 0. The van der Waals surface area contributed by atoms with Crippen LogP contribution in [0.3, 0.4) is 0 Å². The van der Waals surface area contributed by atoms with E-state index in [4.69, 9.17) is 5.90 Å². The molecule has 1 rings (SSSR count). The van der Waals surface area contributed by atoms with Gasteiger partial charge in [0.05, 0.1) is 11.5 Å². The molecule has 17 heavy (non-hydrogen) atoms. The van der Waals surface area contributed by atoms with E-state index in [0.717, 1.165) is 5.56 Å². The average Bonchev–Trinajstić information content (AvgIpc) is 2.21. The van der Waals surface area contributed by atoms with Gasteiger partial charge in [-0.1, -0.05) is 12.1 Å². The number of nitrogens with two attached hydrogens (primary N) is 1. The van der Waals surface area contributed by atoms with Gasteiger partial charge in [0.2, 0.25) is 10.0 Å². The molecule has 1 aromatic rings. The predicted octanol–water partition coefficient (Wildman–Crippen LogP) is 0.861. The van der Waals surface area contributed by atoms with Crippen LogP contribution in [0.1, 0.15) is 18.1 Å². The van der Waals surface area contributed by atoms with Gasteiger partial charge >= 0.3 is 0 Å². The second kappa shape index (κ2) is 5.59. The zero-order valence-corrected chi connectivity index (χ0v) is 11.0. The van der Waals surface area contributed by atoms with Crippen LogP contribution < -0.4 is 10.6 Å². The van der Waals surface area contributed by atoms with Crippen LogP contribution in [0.4, 0.5) is 0 Å². The standard InChI is InChI=1S/C11H18N2O3S/c1-8-4-5-9(2)11(6-8)17(14,15)13-10(3)7-16-12/h4-6,10,13H,7,12H2,1-3H3. The van der Waals surface area contributed by atoms with Crippen molar-refractivity contribution in [3.63, 3.8) is 0 Å². The Hall–Kier alpha value is -0.950. The molecule has 0 heterocycles. The highest BCUT2D eigenvalue weighted by Gasteiger charge is 2.19. The number of sulfonamides is 1. The number of nitrogens with one attached hydrogen (secondary N) is 1. The summed E-state index contributed by atoms with van der Waals surface area (Å²) in [5.74, 6) is 4.91. The van der Waals surface area contributed by atoms with Gasteiger partial charge in [-0.2, -0.15) is 0 Å². The van der Waals surface area contributed by atoms with Crippen molar-refractivity contribution >= 4 is 10.0 Å². The smallest absolute Gasteiger partial charge is 0.241 e. The predicted molar refractivity (Wildman–Crippen MR) is 65.8 cm³/mol. The summed E-state index contributed by atoms with van der Waals surface area (Å²) in [6.07, 6.45) is 0. The fourth-order valence-corrected chi connectivity index (χ4v) is 3.06. The molecule has 6 heteroatoms. The highest BCUT2D eigenvalue weighted by Crippen LogP contribution is 2.16. The van der Waals surface area contributed by atoms with Crippen LogP contribution in [0.5, 0.6) is 0 Å². The van der Waals surface area contributed by atoms with Gasteiger partial charge in [0.25, 0.3) is 0 Å². The average molecular weight is 258 g/mol. The van der Waals surface area contributed by atoms with Gasteiger partial charge < -0.3 is 4.84 Å². The summed E-state index contributed by atoms with van der Waals surface area (Å²) < 4.78 is 26.7. The first kappa shape index (κ1) is 14.1. The van der Waals surface area contributed by atoms with Gasteiger partial charge in [0, 0.05) is 6.04 Å². The maximum absolute atomic E-state index is 12.1. The Bertz CT molecular complexity index is 485. The molecule has 0 aliphatic carbocycles. The molecule has 0 saturated carbocycles. The zero-order chi connectivity index (χ0) is 13.1. The molecule has 0 saturated heterocycles. The van der Waals surface area contributed by atoms with Crippen LogP contribution >= 0.6 is 0 Å². The second-order valence-electron chi connectivity index (χ2n) is 4.12. The summed E-state index contributed by atoms with van der Waals surface area (Å²) in [4.78, 5) is 4.71. The minimum absolute atomic E-state index is 0.129. The Kier molecular flexibility index (Phi) is 4.64. The molecule has 0 aromatic heterocycles. The van der Waals surface area contributed by atoms with Gasteiger partial charge in [-0.05, 0) is 38.0 Å². The maximum Gasteiger partial charge on any atom is 0.241 e. The number of hydrogen-bond donors (Lipinski definition) is 2. The lowest BCUT2D eigenvalue weighted by Crippen LogP contribution is -2.36. The van der Waals surface area contributed by atoms with E-state index in [9.17, 15) is 8.42 Å². The van der Waals surface area contributed by atoms with E-state index in [1.807, 2.05) is 13.0 Å². The minimum atomic E-state index is -3.52. The molecular weight excluding hydrogens is 240 g/mol. The molecule has 3 N–H and O–H groups in total. The monoisotopic (exact) mass is 258 g/mol. The lowest BCUT2D eigenvalue weighted by Gasteiger charge is -2.14. The van der Waals surface area contributed by atoms with Crippen LogP contribution in [0, 0.1) is 13.8 Å². The van der Waals surface area contributed by atoms with E-state index in [2.05, 4.69) is 9.56 Å². The topological polar surface area (TPSA) is 81.4 Å². The minimum Gasteiger partial charge on any atom is -0.303 e. The van der Waals surface area contributed by atoms with Gasteiger partial charge in [-0.25, -0.2) is 19.0 Å². The summed E-state index contributed by atoms with van der Waals surface area (Å²) in [6.45, 7) is 5.43. The molecule has 5 nitrogen and oxygen atoms in total. The SMILES string of the molecule is Cc1ccc(C)c(S(=O)(=O)NC(C)CON)c1. The molecule has 0 amide bonds. The molecule has 0 aliphatic rings. The molecule has 1 atom stereocenters. The normalized spacial score (nSPS) is 13.6. The van der Waals surface area contributed by atoms with Crippen molar-refractivity contribution in [3.05, 3.63) is 29.3 Å². The van der Waals surface area contributed by atoms with Gasteiger partial charge in [-0.15, -0.1) is 0 Å². The molecule has 0 radical (unpaired) electrons. The van der Waals surface area contributed by atoms with Crippen molar-refractivity contribution in [2.24, 2.45) is 5.90 Å². The quantitative estimate of drug-likeness (QED) is 0.768. The number of hydrogen-bond acceptors (Lipinski definition) is 4. The second-order valence-corrected chi connectivity index (χ2v) is 5.81. The van der Waals surface area contributed by atoms with Crippen molar-refractivity contribution in [1.82, 2.24) is 4.72 Å². The van der Waals surface area contributed by atoms with Gasteiger partial charge in [0.15, 0.2) is 0 Å². The third kappa shape index (κ3) is 3.78. The largest absolute Gasteiger partial charge is 0.303 e. The first-order valence-corrected chi connectivity index (χ1v) is 6.76. The molecule has 0 spiro atoms. The van der Waals surface area contributed by atoms with E-state index in [1.165, 1.54) is 0 Å². The molecule has 1 aromatic carbocycles. The third-order valence-electron chi connectivity index (χ3n) is 2.34. The van der Waals surface area contributed by atoms with E-state index in [0.29, 0.717) is 10.5 Å². The number of rotatable bonds is 5. The molecular formula is C11H18N2O3S. The number of benzene rings is 1. The first-order chi connectivity index (χ1) is 7.86. The molecule has 0 fully saturated rings. The Labute approximate surface area is 102 Å². The molecule has 0 bridgehead atoms. The highest BCUT2D eigenvalue weighted by molar-refractivity contribution is 7.89. The Morgan fingerprint density at radius 2 is 2.06 bits per heavy atom. The molecule has 96 valence electrons. The lowest BCUT2D eigenvalue weighted by atomic mass is 10.2. The Morgan fingerprint density at radius 3 is 2.65 bits per heavy atom. The van der Waals surface area contributed by atoms with Crippen LogP contribution in [0.2, 0.25) is 0 Å². The van der Waals surface area contributed by atoms with E-state index < -0.39 is 10.0 Å². The van der Waals surface area contributed by atoms with Crippen LogP contribution in [-0.4, -0.2) is 21.1 Å². The van der Waals surface area contributed by atoms with Crippen molar-refractivity contribution in [1.29, 1.82) is 0 Å². The van der Waals surface area contributed by atoms with Crippen LogP contribution in [-0.2, 0) is 14.9 Å². The summed E-state index contributed by atoms with van der Waals surface area (Å²) in [5.41, 5.74) is 1.61. The van der Waals surface area contributed by atoms with E-state index in [-0.39, 0.29) is 12.6 Å². The fraction of sp³-hybridized carbons (Fsp3) is 0.455. The zero-order valence-electron chi connectivity index (χ0n) is 10.2. The summed E-state index contributed by atoms with van der Waals surface area (Å²) >= 11 is 0. The summed E-state index contributed by atoms with van der Waals surface area (Å²) in [7, 11) is -3.52. The van der Waals surface area contributed by atoms with Crippen molar-refractivity contribution in [3.8, 4) is 0 Å². The Balaban J connectivity index is 3.01. The van der Waals surface area contributed by atoms with E-state index in [1.54, 1.807) is 26.0 Å². The summed E-state index contributed by atoms with van der Waals surface area (Å²) in [6, 6.07) is 4.94. The van der Waals surface area contributed by atoms with Crippen molar-refractivity contribution < 1.29 is 13.3 Å². The highest BCUT2D eigenvalue weighted by atomic mass is 32.2. The maximum atomic E-state index is 12.1. The first-order valence-electron chi connectivity index (χ1n) is 5.28. The van der Waals surface area contributed by atoms with Crippen LogP contribution in [0.15, 0.2) is 23.1 Å². The van der Waals surface area contributed by atoms with Gasteiger partial charge in [0.1, 0.15) is 0 Å². The van der Waals surface area contributed by atoms with Gasteiger partial charge in [-0.3, -0.25) is 0 Å². The molecule has 1 unspecified atom stereocenters. The molecule has 0 aliphatic heterocycles. The lowest BCUT2D eigenvalue weighted by molar-refractivity contribution is 0.124. The Morgan fingerprint density at radius 1 is 1.41 bits per heavy atom. The van der Waals surface area contributed by atoms with Crippen LogP contribution in [0.25, 0.3) is 0 Å². The van der Waals surface area contributed by atoms with E-state index >= 15 is 0 Å². The fourth-order valence-electron chi connectivity index (χ4n) is 1.50. The van der Waals surface area contributed by atoms with Crippen molar-refractivity contribution in [2.75, 3.05) is 6.61 Å². The van der Waals surface area contributed by atoms with Crippen molar-refractivity contribution in [2.45, 2.75) is 31.7 Å². The third-order valence-corrected chi connectivity index (χ3v) is 4.07. The number of aryl methyl sites for hydroxylation is 2.